The van der Waals surface area contributed by atoms with E-state index in [0.717, 1.165) is 9.13 Å². The summed E-state index contributed by atoms with van der Waals surface area (Å²) in [5.41, 5.74) is 0.751. The van der Waals surface area contributed by atoms with Crippen LogP contribution in [0.4, 0.5) is 0 Å². The zero-order valence-corrected chi connectivity index (χ0v) is 14.2. The van der Waals surface area contributed by atoms with E-state index in [1.807, 2.05) is 46.7 Å². The summed E-state index contributed by atoms with van der Waals surface area (Å²) >= 11 is 3.87. The van der Waals surface area contributed by atoms with Crippen molar-refractivity contribution in [3.63, 3.8) is 0 Å². The maximum Gasteiger partial charge on any atom is 0.255 e. The molecule has 106 valence electrons. The van der Waals surface area contributed by atoms with E-state index in [2.05, 4.69) is 22.6 Å². The van der Waals surface area contributed by atoms with Crippen LogP contribution < -0.4 is 0 Å². The van der Waals surface area contributed by atoms with Crippen LogP contribution in [0.3, 0.4) is 0 Å². The Kier molecular flexibility index (Phi) is 6.00. The number of hydrogen-bond acceptors (Lipinski definition) is 3. The van der Waals surface area contributed by atoms with Crippen molar-refractivity contribution in [2.75, 3.05) is 20.3 Å². The van der Waals surface area contributed by atoms with Gasteiger partial charge in [-0.25, -0.2) is 0 Å². The molecule has 0 atom stereocenters. The summed E-state index contributed by atoms with van der Waals surface area (Å²) < 4.78 is 6.09. The van der Waals surface area contributed by atoms with Gasteiger partial charge in [0, 0.05) is 22.1 Å². The minimum Gasteiger partial charge on any atom is -0.383 e. The van der Waals surface area contributed by atoms with Crippen LogP contribution in [0.25, 0.3) is 0 Å². The van der Waals surface area contributed by atoms with Crippen LogP contribution in [0.1, 0.15) is 15.2 Å². The van der Waals surface area contributed by atoms with E-state index in [0.29, 0.717) is 19.7 Å². The Labute approximate surface area is 136 Å². The lowest BCUT2D eigenvalue weighted by molar-refractivity contribution is 0.0681. The number of ether oxygens (including phenoxy) is 1. The predicted molar refractivity (Wildman–Crippen MR) is 90.1 cm³/mol. The van der Waals surface area contributed by atoms with Crippen LogP contribution in [0.15, 0.2) is 41.8 Å². The molecule has 0 aliphatic carbocycles. The first kappa shape index (κ1) is 15.5. The molecule has 1 amide bonds. The van der Waals surface area contributed by atoms with Gasteiger partial charge in [0.15, 0.2) is 0 Å². The van der Waals surface area contributed by atoms with Crippen LogP contribution >= 0.6 is 33.9 Å². The minimum absolute atomic E-state index is 0.0560. The maximum absolute atomic E-state index is 12.7. The molecule has 2 rings (SSSR count). The van der Waals surface area contributed by atoms with Crippen molar-refractivity contribution in [2.24, 2.45) is 0 Å². The molecular weight excluding hydrogens is 385 g/mol. The van der Waals surface area contributed by atoms with E-state index in [4.69, 9.17) is 4.74 Å². The number of amides is 1. The molecule has 1 aromatic carbocycles. The maximum atomic E-state index is 12.7. The van der Waals surface area contributed by atoms with Gasteiger partial charge >= 0.3 is 0 Å². The summed E-state index contributed by atoms with van der Waals surface area (Å²) in [4.78, 5) is 15.7. The molecule has 2 aromatic rings. The van der Waals surface area contributed by atoms with Gasteiger partial charge < -0.3 is 9.64 Å². The lowest BCUT2D eigenvalue weighted by Gasteiger charge is -2.22. The number of halogens is 1. The molecule has 0 saturated heterocycles. The Bertz CT molecular complexity index is 557. The Morgan fingerprint density at radius 1 is 1.30 bits per heavy atom. The first-order valence-electron chi connectivity index (χ1n) is 6.27. The van der Waals surface area contributed by atoms with E-state index in [1.54, 1.807) is 18.4 Å². The largest absolute Gasteiger partial charge is 0.383 e. The van der Waals surface area contributed by atoms with Gasteiger partial charge in [-0.3, -0.25) is 4.79 Å². The molecule has 0 aliphatic rings. The van der Waals surface area contributed by atoms with Crippen molar-refractivity contribution in [1.82, 2.24) is 4.90 Å². The topological polar surface area (TPSA) is 29.5 Å². The smallest absolute Gasteiger partial charge is 0.255 e. The van der Waals surface area contributed by atoms with Crippen LogP contribution in [0.2, 0.25) is 0 Å². The van der Waals surface area contributed by atoms with Gasteiger partial charge in [0.05, 0.1) is 18.7 Å². The number of hydrogen-bond donors (Lipinski definition) is 0. The minimum atomic E-state index is 0.0560. The van der Waals surface area contributed by atoms with Crippen molar-refractivity contribution < 1.29 is 9.53 Å². The number of carbonyl (C=O) groups excluding carboxylic acids is 1. The van der Waals surface area contributed by atoms with E-state index < -0.39 is 0 Å². The highest BCUT2D eigenvalue weighted by atomic mass is 127. The molecule has 20 heavy (non-hydrogen) atoms. The molecule has 3 nitrogen and oxygen atoms in total. The predicted octanol–water partition coefficient (Wildman–Crippen LogP) is 3.64. The fraction of sp³-hybridized carbons (Fsp3) is 0.267. The first-order valence-corrected chi connectivity index (χ1v) is 8.23. The van der Waals surface area contributed by atoms with Crippen LogP contribution in [0, 0.1) is 3.57 Å². The Morgan fingerprint density at radius 2 is 2.10 bits per heavy atom. The molecule has 0 aliphatic heterocycles. The zero-order chi connectivity index (χ0) is 14.4. The van der Waals surface area contributed by atoms with Gasteiger partial charge in [-0.15, -0.1) is 11.3 Å². The van der Waals surface area contributed by atoms with Crippen LogP contribution in [-0.2, 0) is 11.3 Å². The summed E-state index contributed by atoms with van der Waals surface area (Å²) in [6.45, 7) is 1.77. The van der Waals surface area contributed by atoms with Gasteiger partial charge in [0.1, 0.15) is 0 Å². The molecule has 0 radical (unpaired) electrons. The highest BCUT2D eigenvalue weighted by Gasteiger charge is 2.18. The molecular formula is C15H16INO2S. The molecule has 0 bridgehead atoms. The average molecular weight is 401 g/mol. The molecule has 0 unspecified atom stereocenters. The highest BCUT2D eigenvalue weighted by molar-refractivity contribution is 14.1. The molecule has 1 heterocycles. The normalized spacial score (nSPS) is 10.5. The summed E-state index contributed by atoms with van der Waals surface area (Å²) in [6.07, 6.45) is 0. The van der Waals surface area contributed by atoms with E-state index in [-0.39, 0.29) is 5.91 Å². The lowest BCUT2D eigenvalue weighted by Crippen LogP contribution is -2.33. The average Bonchev–Trinajstić information content (AvgIpc) is 2.96. The summed E-state index contributed by atoms with van der Waals surface area (Å²) in [7, 11) is 1.65. The third-order valence-electron chi connectivity index (χ3n) is 2.88. The van der Waals surface area contributed by atoms with Gasteiger partial charge in [0.25, 0.3) is 5.91 Å². The van der Waals surface area contributed by atoms with E-state index in [9.17, 15) is 4.79 Å². The number of carbonyl (C=O) groups is 1. The Hall–Kier alpha value is -0.920. The number of rotatable bonds is 6. The zero-order valence-electron chi connectivity index (χ0n) is 11.2. The molecule has 5 heteroatoms. The van der Waals surface area contributed by atoms with Gasteiger partial charge in [0.2, 0.25) is 0 Å². The van der Waals surface area contributed by atoms with Crippen molar-refractivity contribution in [3.05, 3.63) is 55.8 Å². The van der Waals surface area contributed by atoms with Crippen molar-refractivity contribution in [1.29, 1.82) is 0 Å². The van der Waals surface area contributed by atoms with Crippen molar-refractivity contribution in [2.45, 2.75) is 6.54 Å². The third-order valence-corrected chi connectivity index (χ3v) is 4.69. The van der Waals surface area contributed by atoms with Gasteiger partial charge in [-0.1, -0.05) is 18.2 Å². The fourth-order valence-corrected chi connectivity index (χ4v) is 3.19. The molecule has 0 spiro atoms. The van der Waals surface area contributed by atoms with E-state index in [1.165, 1.54) is 4.88 Å². The number of benzene rings is 1. The Balaban J connectivity index is 2.17. The molecule has 0 fully saturated rings. The van der Waals surface area contributed by atoms with Gasteiger partial charge in [-0.2, -0.15) is 0 Å². The second-order valence-corrected chi connectivity index (χ2v) is 6.47. The summed E-state index contributed by atoms with van der Waals surface area (Å²) in [5.74, 6) is 0.0560. The van der Waals surface area contributed by atoms with Crippen molar-refractivity contribution in [3.8, 4) is 0 Å². The molecule has 1 aromatic heterocycles. The quantitative estimate of drug-likeness (QED) is 0.692. The standard InChI is InChI=1S/C15H16INO2S/c1-19-9-8-17(11-12-5-4-10-20-12)15(18)13-6-2-3-7-14(13)16/h2-7,10H,8-9,11H2,1H3. The summed E-state index contributed by atoms with van der Waals surface area (Å²) in [5, 5.41) is 2.03. The second kappa shape index (κ2) is 7.75. The van der Waals surface area contributed by atoms with Crippen molar-refractivity contribution >= 4 is 39.8 Å². The lowest BCUT2D eigenvalue weighted by atomic mass is 10.2. The third kappa shape index (κ3) is 4.04. The van der Waals surface area contributed by atoms with Crippen LogP contribution in [-0.4, -0.2) is 31.1 Å². The molecule has 0 saturated carbocycles. The first-order chi connectivity index (χ1) is 9.72. The number of methoxy groups -OCH3 is 1. The fourth-order valence-electron chi connectivity index (χ4n) is 1.85. The SMILES string of the molecule is COCCN(Cc1cccs1)C(=O)c1ccccc1I. The van der Waals surface area contributed by atoms with Crippen LogP contribution in [0.5, 0.6) is 0 Å². The number of nitrogens with zero attached hydrogens (tertiary/aromatic N) is 1. The highest BCUT2D eigenvalue weighted by Crippen LogP contribution is 2.17. The second-order valence-electron chi connectivity index (χ2n) is 4.28. The summed E-state index contributed by atoms with van der Waals surface area (Å²) in [6, 6.07) is 11.7. The monoisotopic (exact) mass is 401 g/mol. The Morgan fingerprint density at radius 3 is 2.75 bits per heavy atom. The van der Waals surface area contributed by atoms with Gasteiger partial charge in [-0.05, 0) is 46.2 Å². The number of thiophene rings is 1. The molecule has 0 N–H and O–H groups in total. The van der Waals surface area contributed by atoms with E-state index >= 15 is 0 Å².